The first-order valence-corrected chi connectivity index (χ1v) is 6.90. The molecule has 3 nitrogen and oxygen atoms in total. The van der Waals surface area contributed by atoms with E-state index in [-0.39, 0.29) is 0 Å². The molecule has 21 heavy (non-hydrogen) atoms. The van der Waals surface area contributed by atoms with E-state index in [2.05, 4.69) is 23.2 Å². The standard InChI is InChI=1S/C18H15N3/c19-12-16-14(11-10-13-6-2-1-3-7-13)15-8-4-5-9-17(15)21-18(16)20/h1-9H,10-11H2,(H2,20,21). The molecule has 0 unspecified atom stereocenters. The van der Waals surface area contributed by atoms with Gasteiger partial charge in [-0.2, -0.15) is 5.26 Å². The van der Waals surface area contributed by atoms with Crippen LogP contribution in [0.5, 0.6) is 0 Å². The van der Waals surface area contributed by atoms with Crippen LogP contribution in [0.4, 0.5) is 5.82 Å². The Morgan fingerprint density at radius 2 is 1.67 bits per heavy atom. The second-order valence-electron chi connectivity index (χ2n) is 4.97. The Labute approximate surface area is 123 Å². The number of aryl methyl sites for hydroxylation is 2. The van der Waals surface area contributed by atoms with Crippen LogP contribution in [0.1, 0.15) is 16.7 Å². The van der Waals surface area contributed by atoms with Gasteiger partial charge in [0.15, 0.2) is 0 Å². The maximum Gasteiger partial charge on any atom is 0.142 e. The molecule has 1 heterocycles. The smallest absolute Gasteiger partial charge is 0.142 e. The minimum atomic E-state index is 0.319. The minimum Gasteiger partial charge on any atom is -0.383 e. The van der Waals surface area contributed by atoms with Crippen LogP contribution in [-0.4, -0.2) is 4.98 Å². The van der Waals surface area contributed by atoms with Gasteiger partial charge in [-0.15, -0.1) is 0 Å². The molecule has 2 N–H and O–H groups in total. The molecule has 0 radical (unpaired) electrons. The van der Waals surface area contributed by atoms with E-state index in [0.717, 1.165) is 29.3 Å². The van der Waals surface area contributed by atoms with E-state index < -0.39 is 0 Å². The predicted molar refractivity (Wildman–Crippen MR) is 84.7 cm³/mol. The van der Waals surface area contributed by atoms with Gasteiger partial charge in [-0.1, -0.05) is 48.5 Å². The number of aromatic nitrogens is 1. The molecule has 3 rings (SSSR count). The maximum atomic E-state index is 9.39. The third-order valence-corrected chi connectivity index (χ3v) is 3.65. The third kappa shape index (κ3) is 2.56. The quantitative estimate of drug-likeness (QED) is 0.794. The van der Waals surface area contributed by atoms with Crippen LogP contribution in [0, 0.1) is 11.3 Å². The molecule has 0 spiro atoms. The monoisotopic (exact) mass is 273 g/mol. The Hall–Kier alpha value is -2.86. The highest BCUT2D eigenvalue weighted by atomic mass is 14.8. The van der Waals surface area contributed by atoms with Crippen LogP contribution in [0.15, 0.2) is 54.6 Å². The zero-order valence-corrected chi connectivity index (χ0v) is 11.6. The van der Waals surface area contributed by atoms with Gasteiger partial charge in [0.05, 0.1) is 11.1 Å². The first kappa shape index (κ1) is 13.1. The van der Waals surface area contributed by atoms with Crippen LogP contribution < -0.4 is 5.73 Å². The first-order chi connectivity index (χ1) is 10.3. The van der Waals surface area contributed by atoms with Crippen molar-refractivity contribution in [1.82, 2.24) is 4.98 Å². The Morgan fingerprint density at radius 3 is 2.43 bits per heavy atom. The van der Waals surface area contributed by atoms with Crippen molar-refractivity contribution in [3.05, 3.63) is 71.3 Å². The molecule has 3 heteroatoms. The summed E-state index contributed by atoms with van der Waals surface area (Å²) in [5.41, 5.74) is 9.52. The number of nitrogens with zero attached hydrogens (tertiary/aromatic N) is 2. The zero-order valence-electron chi connectivity index (χ0n) is 11.6. The Balaban J connectivity index is 2.05. The average molecular weight is 273 g/mol. The summed E-state index contributed by atoms with van der Waals surface area (Å²) >= 11 is 0. The normalized spacial score (nSPS) is 10.4. The van der Waals surface area contributed by atoms with Crippen molar-refractivity contribution in [2.75, 3.05) is 5.73 Å². The van der Waals surface area contributed by atoms with Gasteiger partial charge in [0, 0.05) is 5.39 Å². The van der Waals surface area contributed by atoms with Crippen molar-refractivity contribution in [3.8, 4) is 6.07 Å². The molecule has 0 aliphatic rings. The molecule has 0 atom stereocenters. The average Bonchev–Trinajstić information content (AvgIpc) is 2.53. The summed E-state index contributed by atoms with van der Waals surface area (Å²) in [6.45, 7) is 0. The van der Waals surface area contributed by atoms with E-state index in [4.69, 9.17) is 5.73 Å². The highest BCUT2D eigenvalue weighted by molar-refractivity contribution is 5.86. The molecule has 1 aromatic heterocycles. The van der Waals surface area contributed by atoms with Gasteiger partial charge in [-0.25, -0.2) is 4.98 Å². The lowest BCUT2D eigenvalue weighted by Gasteiger charge is -2.10. The number of hydrogen-bond donors (Lipinski definition) is 1. The molecular weight excluding hydrogens is 258 g/mol. The van der Waals surface area contributed by atoms with Crippen LogP contribution in [0.25, 0.3) is 10.9 Å². The number of rotatable bonds is 3. The summed E-state index contributed by atoms with van der Waals surface area (Å²) in [7, 11) is 0. The fraction of sp³-hybridized carbons (Fsp3) is 0.111. The van der Waals surface area contributed by atoms with E-state index in [1.807, 2.05) is 42.5 Å². The number of nitriles is 1. The second-order valence-corrected chi connectivity index (χ2v) is 4.97. The van der Waals surface area contributed by atoms with Crippen LogP contribution in [-0.2, 0) is 12.8 Å². The van der Waals surface area contributed by atoms with E-state index in [9.17, 15) is 5.26 Å². The third-order valence-electron chi connectivity index (χ3n) is 3.65. The number of nitrogen functional groups attached to an aromatic ring is 1. The van der Waals surface area contributed by atoms with Crippen molar-refractivity contribution < 1.29 is 0 Å². The number of benzene rings is 2. The summed E-state index contributed by atoms with van der Waals surface area (Å²) in [5, 5.41) is 10.4. The van der Waals surface area contributed by atoms with Crippen molar-refractivity contribution in [3.63, 3.8) is 0 Å². The number of nitrogens with two attached hydrogens (primary N) is 1. The second kappa shape index (κ2) is 5.64. The summed E-state index contributed by atoms with van der Waals surface area (Å²) in [5.74, 6) is 0.319. The Bertz CT molecular complexity index is 817. The van der Waals surface area contributed by atoms with Crippen molar-refractivity contribution in [2.24, 2.45) is 0 Å². The number of fused-ring (bicyclic) bond motifs is 1. The SMILES string of the molecule is N#Cc1c(N)nc2ccccc2c1CCc1ccccc1. The minimum absolute atomic E-state index is 0.319. The molecule has 0 amide bonds. The summed E-state index contributed by atoms with van der Waals surface area (Å²) in [4.78, 5) is 4.32. The highest BCUT2D eigenvalue weighted by Crippen LogP contribution is 2.25. The van der Waals surface area contributed by atoms with Gasteiger partial charge in [0.1, 0.15) is 11.9 Å². The van der Waals surface area contributed by atoms with Gasteiger partial charge in [-0.3, -0.25) is 0 Å². The fourth-order valence-electron chi connectivity index (χ4n) is 2.60. The molecule has 0 fully saturated rings. The fourth-order valence-corrected chi connectivity index (χ4v) is 2.60. The van der Waals surface area contributed by atoms with E-state index in [1.54, 1.807) is 0 Å². The molecule has 0 saturated heterocycles. The lowest BCUT2D eigenvalue weighted by Crippen LogP contribution is -2.03. The molecule has 2 aromatic carbocycles. The highest BCUT2D eigenvalue weighted by Gasteiger charge is 2.12. The van der Waals surface area contributed by atoms with Crippen molar-refractivity contribution >= 4 is 16.7 Å². The number of anilines is 1. The zero-order chi connectivity index (χ0) is 14.7. The van der Waals surface area contributed by atoms with Gasteiger partial charge in [0.2, 0.25) is 0 Å². The molecule has 102 valence electrons. The molecular formula is C18H15N3. The van der Waals surface area contributed by atoms with Gasteiger partial charge < -0.3 is 5.73 Å². The van der Waals surface area contributed by atoms with Crippen molar-refractivity contribution in [2.45, 2.75) is 12.8 Å². The van der Waals surface area contributed by atoms with E-state index >= 15 is 0 Å². The van der Waals surface area contributed by atoms with Gasteiger partial charge in [0.25, 0.3) is 0 Å². The lowest BCUT2D eigenvalue weighted by molar-refractivity contribution is 0.963. The molecule has 0 aliphatic heterocycles. The van der Waals surface area contributed by atoms with Gasteiger partial charge >= 0.3 is 0 Å². The summed E-state index contributed by atoms with van der Waals surface area (Å²) in [6, 6.07) is 20.3. The Kier molecular flexibility index (Phi) is 3.53. The van der Waals surface area contributed by atoms with E-state index in [0.29, 0.717) is 11.4 Å². The topological polar surface area (TPSA) is 62.7 Å². The van der Waals surface area contributed by atoms with Crippen molar-refractivity contribution in [1.29, 1.82) is 5.26 Å². The van der Waals surface area contributed by atoms with Crippen LogP contribution in [0.3, 0.4) is 0 Å². The van der Waals surface area contributed by atoms with E-state index in [1.165, 1.54) is 5.56 Å². The molecule has 0 saturated carbocycles. The number of hydrogen-bond acceptors (Lipinski definition) is 3. The van der Waals surface area contributed by atoms with Crippen LogP contribution >= 0.6 is 0 Å². The van der Waals surface area contributed by atoms with Crippen LogP contribution in [0.2, 0.25) is 0 Å². The number of pyridine rings is 1. The lowest BCUT2D eigenvalue weighted by atomic mass is 9.97. The molecule has 3 aromatic rings. The largest absolute Gasteiger partial charge is 0.383 e. The summed E-state index contributed by atoms with van der Waals surface area (Å²) in [6.07, 6.45) is 1.66. The molecule has 0 aliphatic carbocycles. The Morgan fingerprint density at radius 1 is 0.952 bits per heavy atom. The first-order valence-electron chi connectivity index (χ1n) is 6.90. The number of para-hydroxylation sites is 1. The predicted octanol–water partition coefficient (Wildman–Crippen LogP) is 3.47. The molecule has 0 bridgehead atoms. The summed E-state index contributed by atoms with van der Waals surface area (Å²) < 4.78 is 0. The van der Waals surface area contributed by atoms with Gasteiger partial charge in [-0.05, 0) is 30.0 Å². The maximum absolute atomic E-state index is 9.39.